The van der Waals surface area contributed by atoms with Crippen LogP contribution in [0.1, 0.15) is 296 Å². The maximum Gasteiger partial charge on any atom is 0.472 e. The van der Waals surface area contributed by atoms with Gasteiger partial charge in [0.2, 0.25) is 0 Å². The lowest BCUT2D eigenvalue weighted by Crippen LogP contribution is -2.29. The molecule has 0 aliphatic carbocycles. The van der Waals surface area contributed by atoms with Gasteiger partial charge in [-0.1, -0.05) is 327 Å². The molecular weight excluding hydrogens is 1100 g/mol. The largest absolute Gasteiger partial charge is 0.472 e. The number of carbonyl (C=O) groups excluding carboxylic acids is 2. The standard InChI is InChI=1S/C77H130NO8P/c1-3-5-7-9-11-13-15-17-19-21-23-25-27-29-30-31-32-33-34-35-36-37-38-39-40-41-42-43-44-46-48-50-52-54-56-58-60-62-64-66-68-70-77(80)86-75(74-85-87(81,82)84-72-71-78)73-83-76(79)69-67-65-63-61-59-57-55-53-51-49-47-45-28-26-24-22-20-18-16-14-12-10-8-6-4-2/h5,7,11,13,17,19,23,25,29-30,32-33,35-36,38-39,41-42,44,46,50,52,56,58,75H,3-4,6,8-10,12,14-16,18,20-22,24,26-28,31,34,37,40,43,45,47-49,51,53-55,57,59-74,78H2,1-2H3,(H,81,82)/b7-5-,13-11-,19-17-,25-23-,30-29-,33-32-,36-35-,39-38-,42-41-,46-44-,52-50-,58-56-. The highest BCUT2D eigenvalue weighted by Crippen LogP contribution is 2.43. The zero-order chi connectivity index (χ0) is 63.0. The SMILES string of the molecule is CC/C=C\C/C=C\C/C=C\C/C=C\C/C=C\C/C=C\C/C=C\C/C=C\C/C=C\C/C=C\C/C=C\C/C=C\CCCCCCC(=O)OC(COC(=O)CCCCCCCCCCCCCCCCCCCCCCCCCCC)COP(=O)(O)OCCN. The van der Waals surface area contributed by atoms with E-state index in [4.69, 9.17) is 24.3 Å². The van der Waals surface area contributed by atoms with Gasteiger partial charge in [-0.05, 0) is 103 Å². The van der Waals surface area contributed by atoms with Crippen molar-refractivity contribution in [2.45, 2.75) is 302 Å². The Kier molecular flexibility index (Phi) is 67.6. The molecule has 10 heteroatoms. The van der Waals surface area contributed by atoms with Crippen LogP contribution in [0.25, 0.3) is 0 Å². The molecule has 2 unspecified atom stereocenters. The molecule has 496 valence electrons. The first kappa shape index (κ1) is 82.9. The van der Waals surface area contributed by atoms with Crippen LogP contribution in [0.5, 0.6) is 0 Å². The van der Waals surface area contributed by atoms with Crippen LogP contribution in [0.15, 0.2) is 146 Å². The number of esters is 2. The van der Waals surface area contributed by atoms with Crippen molar-refractivity contribution in [2.24, 2.45) is 5.73 Å². The monoisotopic (exact) mass is 1230 g/mol. The molecule has 0 aromatic rings. The van der Waals surface area contributed by atoms with Crippen LogP contribution in [0.4, 0.5) is 0 Å². The van der Waals surface area contributed by atoms with Crippen LogP contribution in [-0.2, 0) is 32.7 Å². The summed E-state index contributed by atoms with van der Waals surface area (Å²) < 4.78 is 33.1. The molecule has 0 fully saturated rings. The van der Waals surface area contributed by atoms with Gasteiger partial charge in [-0.25, -0.2) is 4.57 Å². The Morgan fingerprint density at radius 1 is 0.356 bits per heavy atom. The Labute approximate surface area is 535 Å². The number of phosphoric ester groups is 1. The zero-order valence-corrected chi connectivity index (χ0v) is 56.6. The number of nitrogens with two attached hydrogens (primary N) is 1. The zero-order valence-electron chi connectivity index (χ0n) is 55.7. The first-order valence-electron chi connectivity index (χ1n) is 35.3. The quantitative estimate of drug-likeness (QED) is 0.0264. The first-order valence-corrected chi connectivity index (χ1v) is 36.8. The highest BCUT2D eigenvalue weighted by Gasteiger charge is 2.26. The molecule has 87 heavy (non-hydrogen) atoms. The molecule has 3 N–H and O–H groups in total. The number of hydrogen-bond acceptors (Lipinski definition) is 8. The smallest absolute Gasteiger partial charge is 0.462 e. The van der Waals surface area contributed by atoms with Crippen LogP contribution >= 0.6 is 7.82 Å². The van der Waals surface area contributed by atoms with Crippen LogP contribution < -0.4 is 5.73 Å². The second-order valence-electron chi connectivity index (χ2n) is 23.0. The minimum atomic E-state index is -4.41. The number of hydrogen-bond donors (Lipinski definition) is 2. The number of phosphoric acid groups is 1. The number of carbonyl (C=O) groups is 2. The third-order valence-corrected chi connectivity index (χ3v) is 15.7. The summed E-state index contributed by atoms with van der Waals surface area (Å²) >= 11 is 0. The van der Waals surface area contributed by atoms with Crippen molar-refractivity contribution in [1.29, 1.82) is 0 Å². The molecule has 0 rings (SSSR count). The minimum absolute atomic E-state index is 0.0433. The van der Waals surface area contributed by atoms with E-state index in [0.29, 0.717) is 6.42 Å². The molecule has 0 bridgehead atoms. The van der Waals surface area contributed by atoms with Crippen LogP contribution in [0.3, 0.4) is 0 Å². The summed E-state index contributed by atoms with van der Waals surface area (Å²) in [6, 6.07) is 0. The summed E-state index contributed by atoms with van der Waals surface area (Å²) in [6.07, 6.45) is 102. The maximum absolute atomic E-state index is 12.8. The summed E-state index contributed by atoms with van der Waals surface area (Å²) in [4.78, 5) is 35.3. The summed E-state index contributed by atoms with van der Waals surface area (Å²) in [7, 11) is -4.41. The second kappa shape index (κ2) is 71.0. The Bertz CT molecular complexity index is 1940. The molecule has 0 aromatic heterocycles. The van der Waals surface area contributed by atoms with Crippen molar-refractivity contribution in [2.75, 3.05) is 26.4 Å². The molecule has 0 heterocycles. The van der Waals surface area contributed by atoms with Gasteiger partial charge >= 0.3 is 19.8 Å². The van der Waals surface area contributed by atoms with Gasteiger partial charge in [0.25, 0.3) is 0 Å². The van der Waals surface area contributed by atoms with Crippen molar-refractivity contribution < 1.29 is 37.6 Å². The second-order valence-corrected chi connectivity index (χ2v) is 24.5. The molecule has 0 aliphatic rings. The molecule has 0 aromatic carbocycles. The average molecular weight is 1230 g/mol. The molecule has 9 nitrogen and oxygen atoms in total. The van der Waals surface area contributed by atoms with Crippen molar-refractivity contribution in [3.8, 4) is 0 Å². The van der Waals surface area contributed by atoms with Gasteiger partial charge in [0.1, 0.15) is 6.61 Å². The van der Waals surface area contributed by atoms with Gasteiger partial charge in [-0.2, -0.15) is 0 Å². The third kappa shape index (κ3) is 70.8. The van der Waals surface area contributed by atoms with E-state index in [1.807, 2.05) is 0 Å². The van der Waals surface area contributed by atoms with Crippen molar-refractivity contribution >= 4 is 19.8 Å². The lowest BCUT2D eigenvalue weighted by molar-refractivity contribution is -0.161. The molecule has 0 amide bonds. The predicted octanol–water partition coefficient (Wildman–Crippen LogP) is 23.4. The Morgan fingerprint density at radius 3 is 0.943 bits per heavy atom. The van der Waals surface area contributed by atoms with Crippen LogP contribution in [-0.4, -0.2) is 49.3 Å². The number of unbranched alkanes of at least 4 members (excludes halogenated alkanes) is 28. The Morgan fingerprint density at radius 2 is 0.632 bits per heavy atom. The van der Waals surface area contributed by atoms with Gasteiger partial charge < -0.3 is 20.1 Å². The van der Waals surface area contributed by atoms with E-state index in [1.165, 1.54) is 141 Å². The number of rotatable bonds is 65. The van der Waals surface area contributed by atoms with Gasteiger partial charge in [-0.3, -0.25) is 18.6 Å². The Balaban J connectivity index is 4.00. The predicted molar refractivity (Wildman–Crippen MR) is 376 cm³/mol. The average Bonchev–Trinajstić information content (AvgIpc) is 3.65. The van der Waals surface area contributed by atoms with E-state index in [0.717, 1.165) is 122 Å². The molecule has 0 radical (unpaired) electrons. The molecule has 2 atom stereocenters. The maximum atomic E-state index is 12.8. The summed E-state index contributed by atoms with van der Waals surface area (Å²) in [5.41, 5.74) is 5.40. The first-order chi connectivity index (χ1) is 42.8. The van der Waals surface area contributed by atoms with E-state index in [1.54, 1.807) is 0 Å². The molecule has 0 aliphatic heterocycles. The van der Waals surface area contributed by atoms with E-state index in [9.17, 15) is 19.0 Å². The van der Waals surface area contributed by atoms with E-state index in [2.05, 4.69) is 160 Å². The summed E-state index contributed by atoms with van der Waals surface area (Å²) in [5, 5.41) is 0. The fourth-order valence-corrected chi connectivity index (χ4v) is 10.3. The van der Waals surface area contributed by atoms with Gasteiger partial charge in [-0.15, -0.1) is 0 Å². The van der Waals surface area contributed by atoms with E-state index < -0.39 is 26.5 Å². The number of allylic oxidation sites excluding steroid dienone is 24. The van der Waals surface area contributed by atoms with Crippen LogP contribution in [0, 0.1) is 0 Å². The van der Waals surface area contributed by atoms with Gasteiger partial charge in [0.05, 0.1) is 13.2 Å². The number of ether oxygens (including phenoxy) is 2. The van der Waals surface area contributed by atoms with E-state index >= 15 is 0 Å². The van der Waals surface area contributed by atoms with Crippen molar-refractivity contribution in [3.63, 3.8) is 0 Å². The van der Waals surface area contributed by atoms with E-state index in [-0.39, 0.29) is 38.6 Å². The molecular formula is C77H130NO8P. The van der Waals surface area contributed by atoms with Gasteiger partial charge in [0.15, 0.2) is 6.10 Å². The van der Waals surface area contributed by atoms with Crippen LogP contribution in [0.2, 0.25) is 0 Å². The molecule has 0 saturated carbocycles. The van der Waals surface area contributed by atoms with Gasteiger partial charge in [0, 0.05) is 19.4 Å². The summed E-state index contributed by atoms with van der Waals surface area (Å²) in [5.74, 6) is -0.855. The lowest BCUT2D eigenvalue weighted by atomic mass is 10.0. The molecule has 0 saturated heterocycles. The van der Waals surface area contributed by atoms with Crippen molar-refractivity contribution in [3.05, 3.63) is 146 Å². The summed E-state index contributed by atoms with van der Waals surface area (Å²) in [6.45, 7) is 3.62. The fourth-order valence-electron chi connectivity index (χ4n) is 9.56. The topological polar surface area (TPSA) is 134 Å². The normalized spacial score (nSPS) is 13.8. The van der Waals surface area contributed by atoms with Crippen molar-refractivity contribution in [1.82, 2.24) is 0 Å². The highest BCUT2D eigenvalue weighted by molar-refractivity contribution is 7.47. The minimum Gasteiger partial charge on any atom is -0.462 e. The lowest BCUT2D eigenvalue weighted by Gasteiger charge is -2.19. The third-order valence-electron chi connectivity index (χ3n) is 14.7. The highest BCUT2D eigenvalue weighted by atomic mass is 31.2. The molecule has 0 spiro atoms. The Hall–Kier alpha value is -4.11. The fraction of sp³-hybridized carbons (Fsp3) is 0.662.